The summed E-state index contributed by atoms with van der Waals surface area (Å²) in [6, 6.07) is 16.3. The zero-order valence-electron chi connectivity index (χ0n) is 14.8. The van der Waals surface area contributed by atoms with Gasteiger partial charge in [0.05, 0.1) is 17.9 Å². The Hall–Kier alpha value is -2.71. The maximum Gasteiger partial charge on any atom is 0.243 e. The molecule has 2 heterocycles. The molecule has 1 aliphatic rings. The lowest BCUT2D eigenvalue weighted by molar-refractivity contribution is 0.216. The van der Waals surface area contributed by atoms with Crippen molar-refractivity contribution in [1.82, 2.24) is 14.4 Å². The molecule has 1 aromatic heterocycles. The van der Waals surface area contributed by atoms with Gasteiger partial charge in [-0.05, 0) is 17.7 Å². The van der Waals surface area contributed by atoms with Crippen LogP contribution in [0.25, 0.3) is 0 Å². The molecule has 0 atom stereocenters. The van der Waals surface area contributed by atoms with Crippen LogP contribution in [0.15, 0.2) is 64.0 Å². The van der Waals surface area contributed by atoms with Gasteiger partial charge in [-0.15, -0.1) is 0 Å². The van der Waals surface area contributed by atoms with Crippen molar-refractivity contribution in [3.8, 4) is 5.75 Å². The van der Waals surface area contributed by atoms with Crippen molar-refractivity contribution in [2.75, 3.05) is 20.2 Å². The molecule has 140 valence electrons. The lowest BCUT2D eigenvalue weighted by Crippen LogP contribution is -2.48. The third-order valence-electron chi connectivity index (χ3n) is 4.57. The Morgan fingerprint density at radius 2 is 1.93 bits per heavy atom. The van der Waals surface area contributed by atoms with E-state index in [1.807, 2.05) is 30.3 Å². The standard InChI is InChI=1S/C19H19N3O4S/c1-25-16-8-5-9-17(11-16)27(23,24)22-12-15(13-22)19-20-18(21-26-19)10-14-6-3-2-4-7-14/h2-9,11,15H,10,12-13H2,1H3. The first-order chi connectivity index (χ1) is 13.1. The van der Waals surface area contributed by atoms with Gasteiger partial charge in [0.25, 0.3) is 0 Å². The molecule has 1 saturated heterocycles. The summed E-state index contributed by atoms with van der Waals surface area (Å²) in [5, 5.41) is 4.01. The Balaban J connectivity index is 1.42. The molecule has 8 heteroatoms. The molecule has 7 nitrogen and oxygen atoms in total. The van der Waals surface area contributed by atoms with Gasteiger partial charge in [0.15, 0.2) is 5.82 Å². The first-order valence-corrected chi connectivity index (χ1v) is 10.0. The molecule has 0 radical (unpaired) electrons. The first kappa shape index (κ1) is 17.7. The van der Waals surface area contributed by atoms with Gasteiger partial charge in [-0.2, -0.15) is 9.29 Å². The van der Waals surface area contributed by atoms with Crippen LogP contribution in [0, 0.1) is 0 Å². The average Bonchev–Trinajstić information content (AvgIpc) is 3.09. The van der Waals surface area contributed by atoms with Crippen molar-refractivity contribution in [3.63, 3.8) is 0 Å². The van der Waals surface area contributed by atoms with Gasteiger partial charge in [0.1, 0.15) is 5.75 Å². The van der Waals surface area contributed by atoms with E-state index in [9.17, 15) is 8.42 Å². The smallest absolute Gasteiger partial charge is 0.243 e. The number of aromatic nitrogens is 2. The maximum atomic E-state index is 12.7. The van der Waals surface area contributed by atoms with E-state index < -0.39 is 10.0 Å². The van der Waals surface area contributed by atoms with E-state index in [4.69, 9.17) is 9.26 Å². The third kappa shape index (κ3) is 3.58. The predicted molar refractivity (Wildman–Crippen MR) is 98.0 cm³/mol. The molecular formula is C19H19N3O4S. The molecule has 1 aliphatic heterocycles. The Kier molecular flexibility index (Phi) is 4.67. The van der Waals surface area contributed by atoms with E-state index in [0.29, 0.717) is 37.0 Å². The largest absolute Gasteiger partial charge is 0.497 e. The number of hydrogen-bond acceptors (Lipinski definition) is 6. The van der Waals surface area contributed by atoms with Crippen LogP contribution in [0.3, 0.4) is 0 Å². The number of sulfonamides is 1. The monoisotopic (exact) mass is 385 g/mol. The van der Waals surface area contributed by atoms with Gasteiger partial charge in [-0.3, -0.25) is 0 Å². The Morgan fingerprint density at radius 3 is 2.67 bits per heavy atom. The Labute approximate surface area is 157 Å². The number of nitrogens with zero attached hydrogens (tertiary/aromatic N) is 3. The second-order valence-electron chi connectivity index (χ2n) is 6.41. The zero-order chi connectivity index (χ0) is 18.9. The number of hydrogen-bond donors (Lipinski definition) is 0. The van der Waals surface area contributed by atoms with Crippen molar-refractivity contribution in [3.05, 3.63) is 71.9 Å². The summed E-state index contributed by atoms with van der Waals surface area (Å²) < 4.78 is 37.3. The van der Waals surface area contributed by atoms with Crippen LogP contribution in [0.1, 0.15) is 23.2 Å². The Bertz CT molecular complexity index is 1030. The highest BCUT2D eigenvalue weighted by Crippen LogP contribution is 2.32. The van der Waals surface area contributed by atoms with Gasteiger partial charge in [0.2, 0.25) is 15.9 Å². The summed E-state index contributed by atoms with van der Waals surface area (Å²) in [6.07, 6.45) is 0.586. The Morgan fingerprint density at radius 1 is 1.15 bits per heavy atom. The predicted octanol–water partition coefficient (Wildman–Crippen LogP) is 2.46. The van der Waals surface area contributed by atoms with Crippen LogP contribution in [-0.2, 0) is 16.4 Å². The van der Waals surface area contributed by atoms with Gasteiger partial charge < -0.3 is 9.26 Å². The summed E-state index contributed by atoms with van der Waals surface area (Å²) in [5.41, 5.74) is 1.10. The molecule has 1 fully saturated rings. The first-order valence-electron chi connectivity index (χ1n) is 8.57. The average molecular weight is 385 g/mol. The topological polar surface area (TPSA) is 85.5 Å². The lowest BCUT2D eigenvalue weighted by Gasteiger charge is -2.35. The van der Waals surface area contributed by atoms with E-state index in [2.05, 4.69) is 10.1 Å². The van der Waals surface area contributed by atoms with Gasteiger partial charge in [-0.1, -0.05) is 41.6 Å². The molecule has 0 unspecified atom stereocenters. The van der Waals surface area contributed by atoms with Crippen molar-refractivity contribution >= 4 is 10.0 Å². The second-order valence-corrected chi connectivity index (χ2v) is 8.35. The molecule has 4 rings (SSSR count). The fourth-order valence-corrected chi connectivity index (χ4v) is 4.55. The lowest BCUT2D eigenvalue weighted by atomic mass is 10.0. The molecule has 3 aromatic rings. The van der Waals surface area contributed by atoms with Crippen LogP contribution in [0.2, 0.25) is 0 Å². The van der Waals surface area contributed by atoms with E-state index in [1.165, 1.54) is 17.5 Å². The summed E-state index contributed by atoms with van der Waals surface area (Å²) in [7, 11) is -2.05. The van der Waals surface area contributed by atoms with E-state index in [-0.39, 0.29) is 10.8 Å². The molecule has 0 spiro atoms. The fraction of sp³-hybridized carbons (Fsp3) is 0.263. The quantitative estimate of drug-likeness (QED) is 0.648. The maximum absolute atomic E-state index is 12.7. The molecule has 0 amide bonds. The van der Waals surface area contributed by atoms with Gasteiger partial charge >= 0.3 is 0 Å². The molecule has 0 N–H and O–H groups in total. The molecule has 0 bridgehead atoms. The molecule has 2 aromatic carbocycles. The van der Waals surface area contributed by atoms with Crippen molar-refractivity contribution in [2.24, 2.45) is 0 Å². The van der Waals surface area contributed by atoms with E-state index >= 15 is 0 Å². The van der Waals surface area contributed by atoms with Crippen LogP contribution < -0.4 is 4.74 Å². The highest BCUT2D eigenvalue weighted by atomic mass is 32.2. The minimum Gasteiger partial charge on any atom is -0.497 e. The van der Waals surface area contributed by atoms with Gasteiger partial charge in [0, 0.05) is 25.6 Å². The highest BCUT2D eigenvalue weighted by Gasteiger charge is 2.40. The van der Waals surface area contributed by atoms with Crippen molar-refractivity contribution < 1.29 is 17.7 Å². The van der Waals surface area contributed by atoms with E-state index in [1.54, 1.807) is 18.2 Å². The fourth-order valence-electron chi connectivity index (χ4n) is 2.98. The van der Waals surface area contributed by atoms with Crippen LogP contribution in [0.5, 0.6) is 5.75 Å². The number of rotatable bonds is 6. The number of ether oxygens (including phenoxy) is 1. The van der Waals surface area contributed by atoms with E-state index in [0.717, 1.165) is 5.56 Å². The van der Waals surface area contributed by atoms with Crippen LogP contribution in [-0.4, -0.2) is 43.1 Å². The van der Waals surface area contributed by atoms with Crippen molar-refractivity contribution in [1.29, 1.82) is 0 Å². The van der Waals surface area contributed by atoms with Gasteiger partial charge in [-0.25, -0.2) is 8.42 Å². The summed E-state index contributed by atoms with van der Waals surface area (Å²) >= 11 is 0. The zero-order valence-corrected chi connectivity index (χ0v) is 15.6. The minimum atomic E-state index is -3.55. The second kappa shape index (κ2) is 7.13. The molecular weight excluding hydrogens is 366 g/mol. The summed E-state index contributed by atoms with van der Waals surface area (Å²) in [6.45, 7) is 0.652. The van der Waals surface area contributed by atoms with Crippen LogP contribution >= 0.6 is 0 Å². The van der Waals surface area contributed by atoms with Crippen LogP contribution in [0.4, 0.5) is 0 Å². The highest BCUT2D eigenvalue weighted by molar-refractivity contribution is 7.89. The van der Waals surface area contributed by atoms with Crippen molar-refractivity contribution in [2.45, 2.75) is 17.2 Å². The molecule has 0 aliphatic carbocycles. The summed E-state index contributed by atoms with van der Waals surface area (Å²) in [5.74, 6) is 1.52. The minimum absolute atomic E-state index is 0.0811. The molecule has 27 heavy (non-hydrogen) atoms. The summed E-state index contributed by atoms with van der Waals surface area (Å²) in [4.78, 5) is 4.64. The molecule has 0 saturated carbocycles. The third-order valence-corrected chi connectivity index (χ3v) is 6.39. The normalized spacial score (nSPS) is 15.4. The SMILES string of the molecule is COc1cccc(S(=O)(=O)N2CC(c3nc(Cc4ccccc4)no3)C2)c1. The number of benzene rings is 2. The number of methoxy groups -OCH3 is 1.